The summed E-state index contributed by atoms with van der Waals surface area (Å²) in [7, 11) is 0. The van der Waals surface area contributed by atoms with Gasteiger partial charge < -0.3 is 22.4 Å². The van der Waals surface area contributed by atoms with Gasteiger partial charge in [-0.05, 0) is 243 Å². The third-order valence-electron chi connectivity index (χ3n) is 30.8. The fourth-order valence-electron chi connectivity index (χ4n) is 24.7. The van der Waals surface area contributed by atoms with Gasteiger partial charge in [0.2, 0.25) is 0 Å². The van der Waals surface area contributed by atoms with Crippen molar-refractivity contribution in [3.8, 4) is 100 Å². The molecule has 0 fully saturated rings. The molecule has 5 nitrogen and oxygen atoms in total. The minimum Gasteiger partial charge on any atom is -0.455 e. The SMILES string of the molecule is CC1(C)c2ccc3ccccc3c2-c2c1cc(-c1c3ccccc3c(-c3ccccc3)c3ccccc13)c1c2oc2ccccc21.c1ccc(-c2c3ccccc3c(-c3ccc(-c4ccc5c(c4)c4ccccc4n5-c4ccccc4)c4oc5ccccc5c34)c3ccccc23)cc1.c1ccc(-c2c3ccccc3c(-c3ccc(-n4c5ccccc5c5ccccc54)c4oc5ccccc5c34)c3ccccc23)cc1. The Labute approximate surface area is 829 Å². The third-order valence-corrected chi connectivity index (χ3v) is 30.8. The molecule has 30 aromatic rings. The molecule has 0 saturated carbocycles. The lowest BCUT2D eigenvalue weighted by molar-refractivity contribution is 0.653. The van der Waals surface area contributed by atoms with Gasteiger partial charge in [0.25, 0.3) is 0 Å². The van der Waals surface area contributed by atoms with E-state index in [0.717, 1.165) is 82.9 Å². The summed E-state index contributed by atoms with van der Waals surface area (Å²) in [5.74, 6) is 0. The Bertz CT molecular complexity index is 10400. The highest BCUT2D eigenvalue weighted by Crippen LogP contribution is 2.60. The second kappa shape index (κ2) is 32.7. The Morgan fingerprint density at radius 3 is 0.931 bits per heavy atom. The molecule has 25 aromatic carbocycles. The quantitative estimate of drug-likeness (QED) is 0.135. The molecule has 31 rings (SSSR count). The van der Waals surface area contributed by atoms with Gasteiger partial charge in [-0.2, -0.15) is 0 Å². The summed E-state index contributed by atoms with van der Waals surface area (Å²) >= 11 is 0. The van der Waals surface area contributed by atoms with E-state index >= 15 is 0 Å². The van der Waals surface area contributed by atoms with Crippen molar-refractivity contribution in [2.45, 2.75) is 19.3 Å². The zero-order valence-corrected chi connectivity index (χ0v) is 79.0. The van der Waals surface area contributed by atoms with Gasteiger partial charge in [-0.3, -0.25) is 0 Å². The van der Waals surface area contributed by atoms with E-state index in [1.807, 2.05) is 0 Å². The summed E-state index contributed by atoms with van der Waals surface area (Å²) in [6.07, 6.45) is 0. The van der Waals surface area contributed by atoms with Gasteiger partial charge in [0.05, 0.1) is 27.8 Å². The molecule has 672 valence electrons. The van der Waals surface area contributed by atoms with Gasteiger partial charge in [0.1, 0.15) is 27.9 Å². The van der Waals surface area contributed by atoms with Crippen LogP contribution in [0.5, 0.6) is 0 Å². The van der Waals surface area contributed by atoms with Crippen LogP contribution < -0.4 is 0 Å². The van der Waals surface area contributed by atoms with Crippen LogP contribution in [0.2, 0.25) is 0 Å². The van der Waals surface area contributed by atoms with Gasteiger partial charge in [0, 0.05) is 76.1 Å². The lowest BCUT2D eigenvalue weighted by atomic mass is 9.79. The maximum Gasteiger partial charge on any atom is 0.160 e. The number of fused-ring (bicyclic) bond motifs is 27. The van der Waals surface area contributed by atoms with Crippen molar-refractivity contribution in [1.82, 2.24) is 9.13 Å². The first-order valence-corrected chi connectivity index (χ1v) is 49.8. The molecule has 1 aliphatic carbocycles. The first-order chi connectivity index (χ1) is 71.3. The normalized spacial score (nSPS) is 12.4. The molecule has 0 spiro atoms. The highest BCUT2D eigenvalue weighted by molar-refractivity contribution is 6.32. The van der Waals surface area contributed by atoms with E-state index in [9.17, 15) is 0 Å². The molecule has 0 aliphatic heterocycles. The van der Waals surface area contributed by atoms with E-state index in [0.29, 0.717) is 0 Å². The summed E-state index contributed by atoms with van der Waals surface area (Å²) in [6.45, 7) is 4.75. The fraction of sp³-hybridized carbons (Fsp3) is 0.0216. The van der Waals surface area contributed by atoms with E-state index in [2.05, 4.69) is 520 Å². The summed E-state index contributed by atoms with van der Waals surface area (Å²) < 4.78 is 25.5. The number of rotatable bonds is 9. The summed E-state index contributed by atoms with van der Waals surface area (Å²) in [5.41, 5.74) is 34.5. The fourth-order valence-corrected chi connectivity index (χ4v) is 24.7. The second-order valence-corrected chi connectivity index (χ2v) is 38.8. The van der Waals surface area contributed by atoms with Crippen molar-refractivity contribution in [1.29, 1.82) is 0 Å². The van der Waals surface area contributed by atoms with Crippen molar-refractivity contribution in [3.05, 3.63) is 509 Å². The van der Waals surface area contributed by atoms with Gasteiger partial charge in [-0.25, -0.2) is 0 Å². The van der Waals surface area contributed by atoms with Gasteiger partial charge in [0.15, 0.2) is 5.58 Å². The Morgan fingerprint density at radius 1 is 0.174 bits per heavy atom. The van der Waals surface area contributed by atoms with Crippen LogP contribution in [0.3, 0.4) is 0 Å². The first kappa shape index (κ1) is 82.4. The second-order valence-electron chi connectivity index (χ2n) is 38.8. The monoisotopic (exact) mass is 1830 g/mol. The van der Waals surface area contributed by atoms with E-state index in [-0.39, 0.29) is 5.41 Å². The highest BCUT2D eigenvalue weighted by Gasteiger charge is 2.41. The molecule has 0 bridgehead atoms. The van der Waals surface area contributed by atoms with Crippen LogP contribution in [0.15, 0.2) is 511 Å². The molecule has 0 radical (unpaired) electrons. The molecule has 0 N–H and O–H groups in total. The number of hydrogen-bond donors (Lipinski definition) is 0. The molecule has 0 saturated heterocycles. The molecular weight excluding hydrogens is 1750 g/mol. The van der Waals surface area contributed by atoms with E-state index in [4.69, 9.17) is 13.3 Å². The standard InChI is InChI=1S/C50H31NO.C45H30O.C44H27NO/c1-3-15-32(16-4-1)47-37-20-7-9-22-39(37)48(40-23-10-8-21-38(40)47)42-29-28-35(50-49(42)41-24-12-14-26-46(41)52-50)33-27-30-45-43(31-33)36-19-11-13-25-44(36)51(45)34-17-5-2-6-18-34;1-45(2)36-25-24-27-14-6-7-17-29(27)42(36)43-37(45)26-35(41-34-22-12-13-23-38(34)46-44(41)43)40-32-20-10-8-18-30(32)39(28-15-4-3-5-16-28)31-19-9-11-21-33(31)40;1-2-14-28(15-3-1)41-31-18-4-6-20-33(31)42(34-21-7-5-19-32(34)41)36-26-27-39(44-43(36)35-22-10-13-25-40(35)46-44)45-37-23-11-8-16-29(37)30-17-9-12-24-38(30)45/h1-31H;3-26H,1-2H3;1-27H. The average Bonchev–Trinajstić information content (AvgIpc) is 1.52. The molecule has 5 heteroatoms. The van der Waals surface area contributed by atoms with Crippen molar-refractivity contribution in [2.24, 2.45) is 0 Å². The summed E-state index contributed by atoms with van der Waals surface area (Å²) in [4.78, 5) is 0. The van der Waals surface area contributed by atoms with Crippen LogP contribution in [0.4, 0.5) is 0 Å². The van der Waals surface area contributed by atoms with Crippen molar-refractivity contribution in [3.63, 3.8) is 0 Å². The molecular formula is C139H88N2O3. The van der Waals surface area contributed by atoms with Gasteiger partial charge >= 0.3 is 0 Å². The van der Waals surface area contributed by atoms with Crippen LogP contribution in [0, 0.1) is 0 Å². The number of aromatic nitrogens is 2. The zero-order valence-electron chi connectivity index (χ0n) is 79.0. The Kier molecular flexibility index (Phi) is 18.7. The lowest BCUT2D eigenvalue weighted by Gasteiger charge is -2.23. The zero-order chi connectivity index (χ0) is 94.9. The highest BCUT2D eigenvalue weighted by atomic mass is 16.3. The van der Waals surface area contributed by atoms with Gasteiger partial charge in [-0.15, -0.1) is 0 Å². The van der Waals surface area contributed by atoms with Crippen molar-refractivity contribution < 1.29 is 13.3 Å². The maximum absolute atomic E-state index is 6.97. The topological polar surface area (TPSA) is 49.3 Å². The largest absolute Gasteiger partial charge is 0.455 e. The molecule has 144 heavy (non-hydrogen) atoms. The summed E-state index contributed by atoms with van der Waals surface area (Å²) in [5, 5.41) is 29.3. The lowest BCUT2D eigenvalue weighted by Crippen LogP contribution is -2.15. The average molecular weight is 1830 g/mol. The van der Waals surface area contributed by atoms with Crippen LogP contribution in [0.1, 0.15) is 25.0 Å². The van der Waals surface area contributed by atoms with E-state index in [1.54, 1.807) is 0 Å². The van der Waals surface area contributed by atoms with Crippen LogP contribution in [-0.4, -0.2) is 9.13 Å². The first-order valence-electron chi connectivity index (χ1n) is 49.8. The van der Waals surface area contributed by atoms with E-state index in [1.165, 1.54) is 213 Å². The predicted octanol–water partition coefficient (Wildman–Crippen LogP) is 39.0. The molecule has 5 heterocycles. The number of benzene rings is 25. The molecule has 1 aliphatic rings. The number of hydrogen-bond acceptors (Lipinski definition) is 3. The molecule has 5 aromatic heterocycles. The minimum atomic E-state index is -0.202. The minimum absolute atomic E-state index is 0.202. The molecule has 0 atom stereocenters. The predicted molar refractivity (Wildman–Crippen MR) is 608 cm³/mol. The van der Waals surface area contributed by atoms with Gasteiger partial charge in [-0.1, -0.05) is 432 Å². The number of furan rings is 3. The Hall–Kier alpha value is -18.7. The van der Waals surface area contributed by atoms with Crippen LogP contribution in [0.25, 0.3) is 285 Å². The van der Waals surface area contributed by atoms with E-state index < -0.39 is 0 Å². The maximum atomic E-state index is 6.97. The van der Waals surface area contributed by atoms with Crippen LogP contribution in [-0.2, 0) is 5.41 Å². The third kappa shape index (κ3) is 12.5. The summed E-state index contributed by atoms with van der Waals surface area (Å²) in [6, 6.07) is 180. The smallest absolute Gasteiger partial charge is 0.160 e. The molecule has 0 amide bonds. The Balaban J connectivity index is 0.000000103. The van der Waals surface area contributed by atoms with Crippen molar-refractivity contribution in [2.75, 3.05) is 0 Å². The number of nitrogens with zero attached hydrogens (tertiary/aromatic N) is 2. The molecule has 0 unspecified atom stereocenters. The van der Waals surface area contributed by atoms with Crippen LogP contribution >= 0.6 is 0 Å². The van der Waals surface area contributed by atoms with Crippen molar-refractivity contribution >= 4 is 185 Å². The Morgan fingerprint density at radius 2 is 0.486 bits per heavy atom. The number of para-hydroxylation sites is 7.